The summed E-state index contributed by atoms with van der Waals surface area (Å²) in [5.74, 6) is 1.47. The van der Waals surface area contributed by atoms with Crippen molar-refractivity contribution in [1.29, 1.82) is 0 Å². The van der Waals surface area contributed by atoms with Crippen LogP contribution in [0.1, 0.15) is 39.2 Å². The van der Waals surface area contributed by atoms with E-state index >= 15 is 0 Å². The molecular weight excluding hydrogens is 270 g/mol. The average Bonchev–Trinajstić information content (AvgIpc) is 2.37. The molecule has 1 unspecified atom stereocenters. The third-order valence-electron chi connectivity index (χ3n) is 2.88. The Morgan fingerprint density at radius 3 is 2.65 bits per heavy atom. The number of rotatable bonds is 9. The van der Waals surface area contributed by atoms with Gasteiger partial charge in [-0.05, 0) is 31.4 Å². The van der Waals surface area contributed by atoms with E-state index in [9.17, 15) is 0 Å². The zero-order chi connectivity index (χ0) is 15.0. The summed E-state index contributed by atoms with van der Waals surface area (Å²) in [6.07, 6.45) is 2.28. The molecule has 0 fully saturated rings. The van der Waals surface area contributed by atoms with Gasteiger partial charge in [0.25, 0.3) is 0 Å². The molecule has 112 valence electrons. The molecule has 0 saturated carbocycles. The predicted molar refractivity (Wildman–Crippen MR) is 87.3 cm³/mol. The lowest BCUT2D eigenvalue weighted by atomic mass is 10.1. The SMILES string of the molecule is CC(C)CC(C)OCCCOc1cccc(C(N)=S)c1. The lowest BCUT2D eigenvalue weighted by Gasteiger charge is -2.15. The van der Waals surface area contributed by atoms with Crippen LogP contribution >= 0.6 is 12.2 Å². The second kappa shape index (κ2) is 8.93. The number of hydrogen-bond donors (Lipinski definition) is 1. The van der Waals surface area contributed by atoms with Gasteiger partial charge < -0.3 is 15.2 Å². The van der Waals surface area contributed by atoms with Crippen molar-refractivity contribution in [3.63, 3.8) is 0 Å². The Balaban J connectivity index is 2.21. The van der Waals surface area contributed by atoms with Crippen LogP contribution < -0.4 is 10.5 Å². The fourth-order valence-corrected chi connectivity index (χ4v) is 2.13. The Hall–Kier alpha value is -1.13. The maximum absolute atomic E-state index is 5.73. The molecule has 2 N–H and O–H groups in total. The van der Waals surface area contributed by atoms with Crippen molar-refractivity contribution in [2.45, 2.75) is 39.7 Å². The van der Waals surface area contributed by atoms with Gasteiger partial charge in [-0.25, -0.2) is 0 Å². The van der Waals surface area contributed by atoms with Gasteiger partial charge in [-0.15, -0.1) is 0 Å². The molecule has 0 amide bonds. The first-order valence-electron chi connectivity index (χ1n) is 7.13. The summed E-state index contributed by atoms with van der Waals surface area (Å²) in [6, 6.07) is 7.55. The van der Waals surface area contributed by atoms with Crippen molar-refractivity contribution in [2.75, 3.05) is 13.2 Å². The molecule has 0 radical (unpaired) electrons. The maximum Gasteiger partial charge on any atom is 0.119 e. The normalized spacial score (nSPS) is 12.4. The molecule has 0 aliphatic heterocycles. The smallest absolute Gasteiger partial charge is 0.119 e. The monoisotopic (exact) mass is 295 g/mol. The lowest BCUT2D eigenvalue weighted by molar-refractivity contribution is 0.0447. The summed E-state index contributed by atoms with van der Waals surface area (Å²) in [5.41, 5.74) is 6.42. The number of benzene rings is 1. The average molecular weight is 295 g/mol. The van der Waals surface area contributed by atoms with Crippen LogP contribution in [0.25, 0.3) is 0 Å². The summed E-state index contributed by atoms with van der Waals surface area (Å²) >= 11 is 4.94. The molecule has 20 heavy (non-hydrogen) atoms. The Kier molecular flexibility index (Phi) is 7.55. The minimum atomic E-state index is 0.313. The van der Waals surface area contributed by atoms with Gasteiger partial charge in [0.2, 0.25) is 0 Å². The molecule has 1 rings (SSSR count). The van der Waals surface area contributed by atoms with Crippen LogP contribution in [-0.4, -0.2) is 24.3 Å². The van der Waals surface area contributed by atoms with E-state index in [2.05, 4.69) is 20.8 Å². The van der Waals surface area contributed by atoms with Crippen molar-refractivity contribution in [1.82, 2.24) is 0 Å². The van der Waals surface area contributed by atoms with Gasteiger partial charge in [0, 0.05) is 12.0 Å². The van der Waals surface area contributed by atoms with E-state index in [4.69, 9.17) is 27.4 Å². The quantitative estimate of drug-likeness (QED) is 0.559. The first kappa shape index (κ1) is 16.9. The number of ether oxygens (including phenoxy) is 2. The highest BCUT2D eigenvalue weighted by molar-refractivity contribution is 7.80. The van der Waals surface area contributed by atoms with Gasteiger partial charge in [0.05, 0.1) is 19.3 Å². The van der Waals surface area contributed by atoms with Crippen LogP contribution in [0.2, 0.25) is 0 Å². The summed E-state index contributed by atoms with van der Waals surface area (Å²) in [7, 11) is 0. The number of thiocarbonyl (C=S) groups is 1. The zero-order valence-corrected chi connectivity index (χ0v) is 13.4. The van der Waals surface area contributed by atoms with Crippen LogP contribution in [0.15, 0.2) is 24.3 Å². The highest BCUT2D eigenvalue weighted by Gasteiger charge is 2.05. The fourth-order valence-electron chi connectivity index (χ4n) is 2.00. The van der Waals surface area contributed by atoms with Gasteiger partial charge in [0.1, 0.15) is 10.7 Å². The fraction of sp³-hybridized carbons (Fsp3) is 0.562. The number of nitrogens with two attached hydrogens (primary N) is 1. The standard InChI is InChI=1S/C16H25NO2S/c1-12(2)10-13(3)18-8-5-9-19-15-7-4-6-14(11-15)16(17)20/h4,6-7,11-13H,5,8-10H2,1-3H3,(H2,17,20). The van der Waals surface area contributed by atoms with E-state index in [0.29, 0.717) is 23.6 Å². The summed E-state index contributed by atoms with van der Waals surface area (Å²) in [6.45, 7) is 7.89. The minimum Gasteiger partial charge on any atom is -0.493 e. The van der Waals surface area contributed by atoms with Crippen molar-refractivity contribution in [2.24, 2.45) is 11.7 Å². The van der Waals surface area contributed by atoms with Crippen LogP contribution in [0.3, 0.4) is 0 Å². The first-order chi connectivity index (χ1) is 9.49. The van der Waals surface area contributed by atoms with Gasteiger partial charge in [-0.3, -0.25) is 0 Å². The molecule has 0 aliphatic carbocycles. The molecule has 1 aromatic carbocycles. The Morgan fingerprint density at radius 1 is 1.25 bits per heavy atom. The van der Waals surface area contributed by atoms with E-state index in [1.807, 2.05) is 24.3 Å². The number of hydrogen-bond acceptors (Lipinski definition) is 3. The molecule has 0 aliphatic rings. The molecule has 1 atom stereocenters. The van der Waals surface area contributed by atoms with Crippen LogP contribution in [0.4, 0.5) is 0 Å². The van der Waals surface area contributed by atoms with Gasteiger partial charge in [-0.2, -0.15) is 0 Å². The zero-order valence-electron chi connectivity index (χ0n) is 12.6. The molecule has 0 spiro atoms. The third-order valence-corrected chi connectivity index (χ3v) is 3.12. The molecule has 1 aromatic rings. The summed E-state index contributed by atoms with van der Waals surface area (Å²) in [5, 5.41) is 0. The third kappa shape index (κ3) is 6.87. The van der Waals surface area contributed by atoms with E-state index < -0.39 is 0 Å². The second-order valence-corrected chi connectivity index (χ2v) is 5.84. The second-order valence-electron chi connectivity index (χ2n) is 5.41. The van der Waals surface area contributed by atoms with Crippen molar-refractivity contribution >= 4 is 17.2 Å². The first-order valence-corrected chi connectivity index (χ1v) is 7.54. The van der Waals surface area contributed by atoms with E-state index in [0.717, 1.165) is 30.8 Å². The molecule has 0 heterocycles. The highest BCUT2D eigenvalue weighted by Crippen LogP contribution is 2.13. The summed E-state index contributed by atoms with van der Waals surface area (Å²) < 4.78 is 11.4. The molecule has 0 saturated heterocycles. The van der Waals surface area contributed by atoms with Gasteiger partial charge in [-0.1, -0.05) is 38.2 Å². The molecular formula is C16H25NO2S. The molecule has 4 heteroatoms. The predicted octanol–water partition coefficient (Wildman–Crippen LogP) is 3.54. The van der Waals surface area contributed by atoms with Crippen molar-refractivity contribution in [3.05, 3.63) is 29.8 Å². The Labute approximate surface area is 127 Å². The van der Waals surface area contributed by atoms with Crippen LogP contribution in [0, 0.1) is 5.92 Å². The minimum absolute atomic E-state index is 0.313. The topological polar surface area (TPSA) is 44.5 Å². The Morgan fingerprint density at radius 2 is 2.00 bits per heavy atom. The molecule has 3 nitrogen and oxygen atoms in total. The van der Waals surface area contributed by atoms with Crippen LogP contribution in [-0.2, 0) is 4.74 Å². The van der Waals surface area contributed by atoms with Crippen LogP contribution in [0.5, 0.6) is 5.75 Å². The molecule has 0 aromatic heterocycles. The largest absolute Gasteiger partial charge is 0.493 e. The van der Waals surface area contributed by atoms with E-state index in [1.54, 1.807) is 0 Å². The molecule has 0 bridgehead atoms. The maximum atomic E-state index is 5.73. The van der Waals surface area contributed by atoms with E-state index in [-0.39, 0.29) is 0 Å². The van der Waals surface area contributed by atoms with Crippen molar-refractivity contribution in [3.8, 4) is 5.75 Å². The summed E-state index contributed by atoms with van der Waals surface area (Å²) in [4.78, 5) is 0.390. The lowest BCUT2D eigenvalue weighted by Crippen LogP contribution is -2.13. The van der Waals surface area contributed by atoms with Gasteiger partial charge in [0.15, 0.2) is 0 Å². The van der Waals surface area contributed by atoms with Gasteiger partial charge >= 0.3 is 0 Å². The van der Waals surface area contributed by atoms with Crippen molar-refractivity contribution < 1.29 is 9.47 Å². The van der Waals surface area contributed by atoms with E-state index in [1.165, 1.54) is 0 Å². The Bertz CT molecular complexity index is 421. The highest BCUT2D eigenvalue weighted by atomic mass is 32.1.